The second kappa shape index (κ2) is 17.9. The van der Waals surface area contributed by atoms with Gasteiger partial charge < -0.3 is 40.9 Å². The summed E-state index contributed by atoms with van der Waals surface area (Å²) in [5.41, 5.74) is 0.714. The Morgan fingerprint density at radius 3 is 0.537 bits per heavy atom. The SMILES string of the molecule is O=C(O)c1ccc(O)cc1.O=C(O)c1ccc(O)cc1.O=C(O)c1ccc(O)cc1.O=C(O)c1ccc(O)cc1.[Co]. The average Bonchev–Trinajstić information content (AvgIpc) is 2.91. The Balaban J connectivity index is 0.000000516. The molecule has 217 valence electrons. The van der Waals surface area contributed by atoms with E-state index in [0.29, 0.717) is 0 Å². The molecule has 0 bridgehead atoms. The quantitative estimate of drug-likeness (QED) is 0.161. The summed E-state index contributed by atoms with van der Waals surface area (Å²) >= 11 is 0. The number of hydrogen-bond donors (Lipinski definition) is 8. The molecule has 0 fully saturated rings. The molecule has 12 nitrogen and oxygen atoms in total. The van der Waals surface area contributed by atoms with Crippen molar-refractivity contribution in [3.8, 4) is 23.0 Å². The number of carbonyl (C=O) groups is 4. The summed E-state index contributed by atoms with van der Waals surface area (Å²) in [4.78, 5) is 40.9. The van der Waals surface area contributed by atoms with Crippen molar-refractivity contribution in [1.29, 1.82) is 0 Å². The molecule has 0 amide bonds. The van der Waals surface area contributed by atoms with Crippen LogP contribution in [0.15, 0.2) is 97.1 Å². The van der Waals surface area contributed by atoms with E-state index in [1.54, 1.807) is 0 Å². The Morgan fingerprint density at radius 2 is 0.439 bits per heavy atom. The topological polar surface area (TPSA) is 230 Å². The van der Waals surface area contributed by atoms with Gasteiger partial charge in [-0.2, -0.15) is 0 Å². The van der Waals surface area contributed by atoms with Gasteiger partial charge in [-0.15, -0.1) is 0 Å². The van der Waals surface area contributed by atoms with E-state index in [-0.39, 0.29) is 62.0 Å². The van der Waals surface area contributed by atoms with Crippen molar-refractivity contribution in [3.05, 3.63) is 119 Å². The molecule has 8 N–H and O–H groups in total. The first-order chi connectivity index (χ1) is 18.8. The molecule has 4 rings (SSSR count). The number of hydrogen-bond acceptors (Lipinski definition) is 8. The Kier molecular flexibility index (Phi) is 15.5. The van der Waals surface area contributed by atoms with Crippen molar-refractivity contribution in [1.82, 2.24) is 0 Å². The van der Waals surface area contributed by atoms with Crippen LogP contribution in [0.3, 0.4) is 0 Å². The number of aromatic hydroxyl groups is 4. The fourth-order valence-electron chi connectivity index (χ4n) is 2.42. The summed E-state index contributed by atoms with van der Waals surface area (Å²) in [5, 5.41) is 68.6. The first-order valence-corrected chi connectivity index (χ1v) is 10.9. The molecular formula is C28H24CoO12. The molecule has 0 aromatic heterocycles. The van der Waals surface area contributed by atoms with E-state index in [2.05, 4.69) is 0 Å². The molecule has 0 atom stereocenters. The van der Waals surface area contributed by atoms with Crippen molar-refractivity contribution in [2.45, 2.75) is 0 Å². The number of phenols is 4. The number of rotatable bonds is 4. The summed E-state index contributed by atoms with van der Waals surface area (Å²) in [6.07, 6.45) is 0. The zero-order chi connectivity index (χ0) is 30.2. The summed E-state index contributed by atoms with van der Waals surface area (Å²) in [5.74, 6) is -3.65. The number of carboxylic acid groups (broad SMARTS) is 4. The maximum Gasteiger partial charge on any atom is 0.335 e. The molecular weight excluding hydrogens is 587 g/mol. The first-order valence-electron chi connectivity index (χ1n) is 10.9. The second-order valence-corrected chi connectivity index (χ2v) is 7.41. The van der Waals surface area contributed by atoms with Crippen molar-refractivity contribution < 1.29 is 76.8 Å². The van der Waals surface area contributed by atoms with Gasteiger partial charge in [-0.25, -0.2) is 19.2 Å². The maximum absolute atomic E-state index is 10.2. The van der Waals surface area contributed by atoms with Crippen LogP contribution in [0.25, 0.3) is 0 Å². The van der Waals surface area contributed by atoms with Crippen LogP contribution < -0.4 is 0 Å². The van der Waals surface area contributed by atoms with Gasteiger partial charge in [-0.1, -0.05) is 0 Å². The fraction of sp³-hybridized carbons (Fsp3) is 0. The van der Waals surface area contributed by atoms with Crippen LogP contribution in [0.2, 0.25) is 0 Å². The van der Waals surface area contributed by atoms with Crippen molar-refractivity contribution >= 4 is 23.9 Å². The molecule has 0 unspecified atom stereocenters. The van der Waals surface area contributed by atoms with Crippen LogP contribution in [-0.2, 0) is 16.8 Å². The van der Waals surface area contributed by atoms with Crippen LogP contribution in [0, 0.1) is 0 Å². The minimum atomic E-state index is -0.986. The van der Waals surface area contributed by atoms with Crippen LogP contribution in [0.1, 0.15) is 41.4 Å². The van der Waals surface area contributed by atoms with Crippen molar-refractivity contribution in [2.75, 3.05) is 0 Å². The third-order valence-corrected chi connectivity index (χ3v) is 4.46. The smallest absolute Gasteiger partial charge is 0.335 e. The Bertz CT molecular complexity index is 1180. The molecule has 1 radical (unpaired) electrons. The van der Waals surface area contributed by atoms with Gasteiger partial charge >= 0.3 is 23.9 Å². The maximum atomic E-state index is 10.2. The molecule has 13 heteroatoms. The Labute approximate surface area is 242 Å². The van der Waals surface area contributed by atoms with Gasteiger partial charge in [0.05, 0.1) is 22.3 Å². The fourth-order valence-corrected chi connectivity index (χ4v) is 2.42. The first kappa shape index (κ1) is 35.5. The number of carboxylic acids is 4. The molecule has 0 aliphatic carbocycles. The van der Waals surface area contributed by atoms with E-state index in [4.69, 9.17) is 40.9 Å². The van der Waals surface area contributed by atoms with Crippen LogP contribution >= 0.6 is 0 Å². The summed E-state index contributed by atoms with van der Waals surface area (Å²) in [6.45, 7) is 0. The predicted octanol–water partition coefficient (Wildman–Crippen LogP) is 4.36. The molecule has 0 aliphatic heterocycles. The van der Waals surface area contributed by atoms with Gasteiger partial charge in [-0.3, -0.25) is 0 Å². The van der Waals surface area contributed by atoms with E-state index < -0.39 is 23.9 Å². The molecule has 0 saturated heterocycles. The Morgan fingerprint density at radius 1 is 0.317 bits per heavy atom. The van der Waals surface area contributed by atoms with Gasteiger partial charge in [0.1, 0.15) is 23.0 Å². The third kappa shape index (κ3) is 14.3. The monoisotopic (exact) mass is 611 g/mol. The van der Waals surface area contributed by atoms with Crippen LogP contribution in [0.4, 0.5) is 0 Å². The molecule has 4 aromatic rings. The summed E-state index contributed by atoms with van der Waals surface area (Å²) in [7, 11) is 0. The number of aromatic carboxylic acids is 4. The van der Waals surface area contributed by atoms with E-state index in [1.807, 2.05) is 0 Å². The van der Waals surface area contributed by atoms with Gasteiger partial charge in [0.25, 0.3) is 0 Å². The van der Waals surface area contributed by atoms with Gasteiger partial charge in [0.2, 0.25) is 0 Å². The molecule has 4 aromatic carbocycles. The standard InChI is InChI=1S/4C7H6O3.Co/c4*8-6-3-1-5(2-4-6)7(9)10;/h4*1-4,8H,(H,9,10);. The van der Waals surface area contributed by atoms with E-state index >= 15 is 0 Å². The van der Waals surface area contributed by atoms with E-state index in [0.717, 1.165) is 0 Å². The molecule has 0 saturated carbocycles. The summed E-state index contributed by atoms with van der Waals surface area (Å²) < 4.78 is 0. The molecule has 41 heavy (non-hydrogen) atoms. The minimum absolute atomic E-state index is 0. The zero-order valence-corrected chi connectivity index (χ0v) is 21.8. The molecule has 0 aliphatic rings. The van der Waals surface area contributed by atoms with Gasteiger partial charge in [-0.05, 0) is 97.1 Å². The van der Waals surface area contributed by atoms with Crippen LogP contribution in [-0.4, -0.2) is 64.7 Å². The number of benzene rings is 4. The van der Waals surface area contributed by atoms with E-state index in [9.17, 15) is 19.2 Å². The molecule has 0 heterocycles. The van der Waals surface area contributed by atoms with Gasteiger partial charge in [0, 0.05) is 16.8 Å². The minimum Gasteiger partial charge on any atom is -0.508 e. The zero-order valence-electron chi connectivity index (χ0n) is 20.8. The van der Waals surface area contributed by atoms with Crippen molar-refractivity contribution in [3.63, 3.8) is 0 Å². The van der Waals surface area contributed by atoms with Crippen molar-refractivity contribution in [2.24, 2.45) is 0 Å². The Hall–Kier alpha value is -5.53. The van der Waals surface area contributed by atoms with E-state index in [1.165, 1.54) is 97.1 Å². The summed E-state index contributed by atoms with van der Waals surface area (Å²) in [6, 6.07) is 21.5. The third-order valence-electron chi connectivity index (χ3n) is 4.46. The van der Waals surface area contributed by atoms with Crippen LogP contribution in [0.5, 0.6) is 23.0 Å². The largest absolute Gasteiger partial charge is 0.508 e. The second-order valence-electron chi connectivity index (χ2n) is 7.41. The molecule has 0 spiro atoms. The normalized spacial score (nSPS) is 8.98. The number of phenolic OH excluding ortho intramolecular Hbond substituents is 4. The average molecular weight is 611 g/mol. The predicted molar refractivity (Wildman–Crippen MR) is 140 cm³/mol. The van der Waals surface area contributed by atoms with Gasteiger partial charge in [0.15, 0.2) is 0 Å².